The average Bonchev–Trinajstić information content (AvgIpc) is 2.44. The van der Waals surface area contributed by atoms with E-state index in [1.807, 2.05) is 55.5 Å². The molecule has 20 heavy (non-hydrogen) atoms. The maximum Gasteiger partial charge on any atom is 0.265 e. The molecule has 4 heteroatoms. The van der Waals surface area contributed by atoms with Crippen LogP contribution in [0.1, 0.15) is 12.5 Å². The molecule has 0 aliphatic carbocycles. The van der Waals surface area contributed by atoms with Crippen LogP contribution in [0.25, 0.3) is 0 Å². The number of aryl methyl sites for hydroxylation is 1. The van der Waals surface area contributed by atoms with E-state index in [9.17, 15) is 4.79 Å². The van der Waals surface area contributed by atoms with Crippen LogP contribution in [-0.4, -0.2) is 12.0 Å². The molecule has 104 valence electrons. The third kappa shape index (κ3) is 3.84. The number of hydrogen-bond acceptors (Lipinski definition) is 2. The zero-order valence-corrected chi connectivity index (χ0v) is 13.0. The summed E-state index contributed by atoms with van der Waals surface area (Å²) in [5, 5.41) is 2.83. The van der Waals surface area contributed by atoms with Gasteiger partial charge in [0.25, 0.3) is 5.91 Å². The molecule has 0 spiro atoms. The Morgan fingerprint density at radius 3 is 2.45 bits per heavy atom. The van der Waals surface area contributed by atoms with Crippen molar-refractivity contribution in [3.05, 3.63) is 58.6 Å². The molecule has 2 aromatic carbocycles. The Balaban J connectivity index is 1.99. The molecule has 3 nitrogen and oxygen atoms in total. The first-order valence-corrected chi connectivity index (χ1v) is 7.14. The molecule has 0 heterocycles. The lowest BCUT2D eigenvalue weighted by molar-refractivity contribution is -0.122. The summed E-state index contributed by atoms with van der Waals surface area (Å²) in [6.07, 6.45) is -0.565. The van der Waals surface area contributed by atoms with Crippen LogP contribution < -0.4 is 10.1 Å². The number of halogens is 1. The smallest absolute Gasteiger partial charge is 0.265 e. The first-order valence-electron chi connectivity index (χ1n) is 6.35. The Bertz CT molecular complexity index is 596. The third-order valence-corrected chi connectivity index (χ3v) is 3.53. The number of hydrogen-bond donors (Lipinski definition) is 1. The summed E-state index contributed by atoms with van der Waals surface area (Å²) < 4.78 is 6.46. The predicted molar refractivity (Wildman–Crippen MR) is 84.0 cm³/mol. The number of amides is 1. The van der Waals surface area contributed by atoms with Crippen molar-refractivity contribution in [1.29, 1.82) is 0 Å². The van der Waals surface area contributed by atoms with Crippen molar-refractivity contribution in [3.63, 3.8) is 0 Å². The van der Waals surface area contributed by atoms with Crippen LogP contribution in [0.4, 0.5) is 5.69 Å². The lowest BCUT2D eigenvalue weighted by Crippen LogP contribution is -2.30. The quantitative estimate of drug-likeness (QED) is 0.912. The number of para-hydroxylation sites is 1. The minimum Gasteiger partial charge on any atom is -0.481 e. The van der Waals surface area contributed by atoms with Gasteiger partial charge in [0.05, 0.1) is 5.69 Å². The van der Waals surface area contributed by atoms with Crippen LogP contribution in [0.2, 0.25) is 0 Å². The SMILES string of the molecule is Cc1ccc(O[C@@H](C)C(=O)Nc2ccccc2Br)cc1. The van der Waals surface area contributed by atoms with Crippen molar-refractivity contribution in [2.24, 2.45) is 0 Å². The molecule has 0 saturated carbocycles. The van der Waals surface area contributed by atoms with Gasteiger partial charge < -0.3 is 10.1 Å². The Kier molecular flexibility index (Phi) is 4.79. The lowest BCUT2D eigenvalue weighted by atomic mass is 10.2. The van der Waals surface area contributed by atoms with Gasteiger partial charge in [0.1, 0.15) is 5.75 Å². The summed E-state index contributed by atoms with van der Waals surface area (Å²) >= 11 is 3.39. The molecule has 2 rings (SSSR count). The minimum atomic E-state index is -0.565. The second-order valence-corrected chi connectivity index (χ2v) is 5.40. The van der Waals surface area contributed by atoms with Gasteiger partial charge in [-0.3, -0.25) is 4.79 Å². The van der Waals surface area contributed by atoms with Crippen molar-refractivity contribution in [2.45, 2.75) is 20.0 Å². The summed E-state index contributed by atoms with van der Waals surface area (Å²) in [4.78, 5) is 12.1. The zero-order valence-electron chi connectivity index (χ0n) is 11.4. The molecule has 1 N–H and O–H groups in total. The van der Waals surface area contributed by atoms with Gasteiger partial charge in [-0.1, -0.05) is 29.8 Å². The van der Waals surface area contributed by atoms with Gasteiger partial charge in [0.2, 0.25) is 0 Å². The van der Waals surface area contributed by atoms with E-state index < -0.39 is 6.10 Å². The summed E-state index contributed by atoms with van der Waals surface area (Å²) in [7, 11) is 0. The molecular formula is C16H16BrNO2. The Hall–Kier alpha value is -1.81. The van der Waals surface area contributed by atoms with E-state index in [-0.39, 0.29) is 5.91 Å². The highest BCUT2D eigenvalue weighted by Crippen LogP contribution is 2.21. The van der Waals surface area contributed by atoms with Crippen molar-refractivity contribution in [3.8, 4) is 5.75 Å². The summed E-state index contributed by atoms with van der Waals surface area (Å²) in [6.45, 7) is 3.74. The number of ether oxygens (including phenoxy) is 1. The van der Waals surface area contributed by atoms with E-state index in [4.69, 9.17) is 4.74 Å². The summed E-state index contributed by atoms with van der Waals surface area (Å²) in [6, 6.07) is 15.1. The van der Waals surface area contributed by atoms with Crippen LogP contribution in [-0.2, 0) is 4.79 Å². The van der Waals surface area contributed by atoms with E-state index in [0.29, 0.717) is 5.75 Å². The van der Waals surface area contributed by atoms with Crippen molar-refractivity contribution < 1.29 is 9.53 Å². The van der Waals surface area contributed by atoms with Crippen LogP contribution in [0, 0.1) is 6.92 Å². The standard InChI is InChI=1S/C16H16BrNO2/c1-11-7-9-13(10-8-11)20-12(2)16(19)18-15-6-4-3-5-14(15)17/h3-10,12H,1-2H3,(H,18,19)/t12-/m0/s1. The van der Waals surface area contributed by atoms with E-state index in [1.165, 1.54) is 0 Å². The largest absolute Gasteiger partial charge is 0.481 e. The van der Waals surface area contributed by atoms with E-state index in [0.717, 1.165) is 15.7 Å². The average molecular weight is 334 g/mol. The highest BCUT2D eigenvalue weighted by Gasteiger charge is 2.15. The zero-order chi connectivity index (χ0) is 14.5. The summed E-state index contributed by atoms with van der Waals surface area (Å²) in [5.41, 5.74) is 1.89. The van der Waals surface area contributed by atoms with Gasteiger partial charge >= 0.3 is 0 Å². The first kappa shape index (κ1) is 14.6. The van der Waals surface area contributed by atoms with Crippen molar-refractivity contribution in [2.75, 3.05) is 5.32 Å². The Morgan fingerprint density at radius 2 is 1.80 bits per heavy atom. The minimum absolute atomic E-state index is 0.183. The van der Waals surface area contributed by atoms with Gasteiger partial charge in [0.15, 0.2) is 6.10 Å². The molecule has 2 aromatic rings. The van der Waals surface area contributed by atoms with Crippen LogP contribution in [0.3, 0.4) is 0 Å². The molecule has 0 saturated heterocycles. The fourth-order valence-corrected chi connectivity index (χ4v) is 2.06. The molecule has 0 radical (unpaired) electrons. The molecule has 0 bridgehead atoms. The topological polar surface area (TPSA) is 38.3 Å². The monoisotopic (exact) mass is 333 g/mol. The Morgan fingerprint density at radius 1 is 1.15 bits per heavy atom. The van der Waals surface area contributed by atoms with Gasteiger partial charge in [0, 0.05) is 4.47 Å². The number of rotatable bonds is 4. The second kappa shape index (κ2) is 6.57. The molecule has 0 fully saturated rings. The highest BCUT2D eigenvalue weighted by atomic mass is 79.9. The first-order chi connectivity index (χ1) is 9.56. The van der Waals surface area contributed by atoms with E-state index >= 15 is 0 Å². The number of nitrogens with one attached hydrogen (secondary N) is 1. The molecule has 1 atom stereocenters. The van der Waals surface area contributed by atoms with Crippen molar-refractivity contribution >= 4 is 27.5 Å². The van der Waals surface area contributed by atoms with Gasteiger partial charge in [-0.05, 0) is 54.0 Å². The third-order valence-electron chi connectivity index (χ3n) is 2.83. The van der Waals surface area contributed by atoms with Gasteiger partial charge in [-0.2, -0.15) is 0 Å². The predicted octanol–water partition coefficient (Wildman–Crippen LogP) is 4.16. The maximum atomic E-state index is 12.1. The molecule has 0 aromatic heterocycles. The maximum absolute atomic E-state index is 12.1. The molecule has 0 aliphatic heterocycles. The summed E-state index contributed by atoms with van der Waals surface area (Å²) in [5.74, 6) is 0.503. The van der Waals surface area contributed by atoms with Gasteiger partial charge in [-0.15, -0.1) is 0 Å². The highest BCUT2D eigenvalue weighted by molar-refractivity contribution is 9.10. The van der Waals surface area contributed by atoms with Crippen LogP contribution in [0.5, 0.6) is 5.75 Å². The molecule has 1 amide bonds. The van der Waals surface area contributed by atoms with Gasteiger partial charge in [-0.25, -0.2) is 0 Å². The molecular weight excluding hydrogens is 318 g/mol. The number of carbonyl (C=O) groups excluding carboxylic acids is 1. The van der Waals surface area contributed by atoms with Crippen LogP contribution in [0.15, 0.2) is 53.0 Å². The fourth-order valence-electron chi connectivity index (χ4n) is 1.67. The number of anilines is 1. The van der Waals surface area contributed by atoms with E-state index in [2.05, 4.69) is 21.2 Å². The lowest BCUT2D eigenvalue weighted by Gasteiger charge is -2.15. The van der Waals surface area contributed by atoms with Crippen molar-refractivity contribution in [1.82, 2.24) is 0 Å². The fraction of sp³-hybridized carbons (Fsp3) is 0.188. The Labute approximate surface area is 127 Å². The van der Waals surface area contributed by atoms with Crippen LogP contribution >= 0.6 is 15.9 Å². The normalized spacial score (nSPS) is 11.8. The number of benzene rings is 2. The number of carbonyl (C=O) groups is 1. The molecule has 0 aliphatic rings. The van der Waals surface area contributed by atoms with E-state index in [1.54, 1.807) is 6.92 Å². The second-order valence-electron chi connectivity index (χ2n) is 4.54. The molecule has 0 unspecified atom stereocenters.